The molecule has 0 amide bonds. The first-order valence-electron chi connectivity index (χ1n) is 8.35. The molecule has 5 heteroatoms. The summed E-state index contributed by atoms with van der Waals surface area (Å²) in [5.74, 6) is -0.571. The van der Waals surface area contributed by atoms with Crippen LogP contribution in [0.2, 0.25) is 0 Å². The van der Waals surface area contributed by atoms with Gasteiger partial charge in [-0.05, 0) is 69.3 Å². The van der Waals surface area contributed by atoms with E-state index in [2.05, 4.69) is 4.90 Å². The zero-order valence-corrected chi connectivity index (χ0v) is 13.5. The van der Waals surface area contributed by atoms with E-state index < -0.39 is 11.6 Å². The number of carboxylic acid groups (broad SMARTS) is 1. The van der Waals surface area contributed by atoms with Gasteiger partial charge in [-0.3, -0.25) is 4.90 Å². The summed E-state index contributed by atoms with van der Waals surface area (Å²) >= 11 is 0. The highest BCUT2D eigenvalue weighted by atomic mass is 19.1. The van der Waals surface area contributed by atoms with Crippen molar-refractivity contribution in [2.75, 3.05) is 19.7 Å². The van der Waals surface area contributed by atoms with Gasteiger partial charge in [-0.15, -0.1) is 0 Å². The molecule has 2 aliphatic heterocycles. The van der Waals surface area contributed by atoms with Crippen molar-refractivity contribution in [3.05, 3.63) is 35.6 Å². The number of benzene rings is 1. The molecule has 23 heavy (non-hydrogen) atoms. The number of hydrogen-bond acceptors (Lipinski definition) is 3. The van der Waals surface area contributed by atoms with E-state index in [-0.39, 0.29) is 5.82 Å². The van der Waals surface area contributed by atoms with Gasteiger partial charge in [0.15, 0.2) is 5.60 Å². The number of carboxylic acids is 1. The van der Waals surface area contributed by atoms with Gasteiger partial charge in [-0.25, -0.2) is 9.18 Å². The van der Waals surface area contributed by atoms with Gasteiger partial charge in [0.1, 0.15) is 5.82 Å². The molecule has 1 aromatic rings. The van der Waals surface area contributed by atoms with Gasteiger partial charge in [0, 0.05) is 6.04 Å². The molecule has 2 fully saturated rings. The van der Waals surface area contributed by atoms with Crippen LogP contribution in [0.25, 0.3) is 0 Å². The van der Waals surface area contributed by atoms with Crippen LogP contribution in [0.3, 0.4) is 0 Å². The first-order valence-corrected chi connectivity index (χ1v) is 8.35. The number of carbonyl (C=O) groups is 1. The minimum absolute atomic E-state index is 0.188. The molecular weight excluding hydrogens is 297 g/mol. The molecule has 0 saturated carbocycles. The largest absolute Gasteiger partial charge is 0.479 e. The van der Waals surface area contributed by atoms with Crippen molar-refractivity contribution in [2.45, 2.75) is 50.2 Å². The Hall–Kier alpha value is -1.46. The lowest BCUT2D eigenvalue weighted by atomic mass is 9.87. The Balaban J connectivity index is 1.52. The van der Waals surface area contributed by atoms with Gasteiger partial charge < -0.3 is 9.84 Å². The second-order valence-corrected chi connectivity index (χ2v) is 6.90. The van der Waals surface area contributed by atoms with E-state index in [4.69, 9.17) is 4.74 Å². The third-order valence-electron chi connectivity index (χ3n) is 5.39. The first-order chi connectivity index (χ1) is 11.0. The molecule has 1 aromatic carbocycles. The monoisotopic (exact) mass is 321 g/mol. The third-order valence-corrected chi connectivity index (χ3v) is 5.39. The lowest BCUT2D eigenvalue weighted by Gasteiger charge is -2.42. The highest BCUT2D eigenvalue weighted by Crippen LogP contribution is 2.32. The van der Waals surface area contributed by atoms with Crippen LogP contribution in [0.4, 0.5) is 4.39 Å². The van der Waals surface area contributed by atoms with Crippen LogP contribution in [0.5, 0.6) is 0 Å². The van der Waals surface area contributed by atoms with E-state index in [0.717, 1.165) is 32.4 Å². The van der Waals surface area contributed by atoms with E-state index in [1.165, 1.54) is 17.7 Å². The molecule has 0 bridgehead atoms. The number of hydrogen-bond donors (Lipinski definition) is 1. The molecule has 1 N–H and O–H groups in total. The summed E-state index contributed by atoms with van der Waals surface area (Å²) in [5.41, 5.74) is 0.188. The zero-order valence-electron chi connectivity index (χ0n) is 13.5. The molecule has 2 unspecified atom stereocenters. The van der Waals surface area contributed by atoms with Gasteiger partial charge in [0.05, 0.1) is 6.61 Å². The van der Waals surface area contributed by atoms with Crippen LogP contribution >= 0.6 is 0 Å². The second-order valence-electron chi connectivity index (χ2n) is 6.90. The maximum atomic E-state index is 13.0. The van der Waals surface area contributed by atoms with Gasteiger partial charge >= 0.3 is 5.97 Å². The summed E-state index contributed by atoms with van der Waals surface area (Å²) < 4.78 is 18.6. The minimum Gasteiger partial charge on any atom is -0.479 e. The molecule has 2 heterocycles. The molecule has 2 aliphatic rings. The SMILES string of the molecule is CC1(C(=O)O)CCC(N2CCC(c3ccc(F)cc3)CC2)CO1. The number of piperidine rings is 1. The Morgan fingerprint density at radius 1 is 1.26 bits per heavy atom. The molecule has 0 aromatic heterocycles. The van der Waals surface area contributed by atoms with Crippen molar-refractivity contribution in [3.8, 4) is 0 Å². The molecule has 0 radical (unpaired) electrons. The van der Waals surface area contributed by atoms with Crippen LogP contribution in [0.15, 0.2) is 24.3 Å². The maximum Gasteiger partial charge on any atom is 0.335 e. The number of aliphatic carboxylic acids is 1. The van der Waals surface area contributed by atoms with Crippen LogP contribution < -0.4 is 0 Å². The van der Waals surface area contributed by atoms with Gasteiger partial charge in [-0.2, -0.15) is 0 Å². The fraction of sp³-hybridized carbons (Fsp3) is 0.611. The van der Waals surface area contributed by atoms with Crippen molar-refractivity contribution in [1.29, 1.82) is 0 Å². The number of halogens is 1. The molecule has 3 rings (SSSR count). The Morgan fingerprint density at radius 2 is 1.91 bits per heavy atom. The summed E-state index contributed by atoms with van der Waals surface area (Å²) in [5, 5.41) is 9.21. The zero-order chi connectivity index (χ0) is 16.4. The first kappa shape index (κ1) is 16.4. The second kappa shape index (κ2) is 6.57. The van der Waals surface area contributed by atoms with Gasteiger partial charge in [0.2, 0.25) is 0 Å². The number of nitrogens with zero attached hydrogens (tertiary/aromatic N) is 1. The molecule has 0 spiro atoms. The molecule has 126 valence electrons. The molecule has 4 nitrogen and oxygen atoms in total. The summed E-state index contributed by atoms with van der Waals surface area (Å²) in [7, 11) is 0. The summed E-state index contributed by atoms with van der Waals surface area (Å²) in [6.07, 6.45) is 3.53. The molecule has 2 atom stereocenters. The Kier molecular flexibility index (Phi) is 4.69. The summed E-state index contributed by atoms with van der Waals surface area (Å²) in [6, 6.07) is 7.15. The van der Waals surface area contributed by atoms with Crippen molar-refractivity contribution in [2.24, 2.45) is 0 Å². The Morgan fingerprint density at radius 3 is 2.43 bits per heavy atom. The van der Waals surface area contributed by atoms with Crippen molar-refractivity contribution >= 4 is 5.97 Å². The van der Waals surface area contributed by atoms with Crippen molar-refractivity contribution in [3.63, 3.8) is 0 Å². The lowest BCUT2D eigenvalue weighted by molar-refractivity contribution is -0.174. The predicted octanol–water partition coefficient (Wildman–Crippen LogP) is 3.03. The smallest absolute Gasteiger partial charge is 0.335 e. The third kappa shape index (κ3) is 3.56. The minimum atomic E-state index is -1.02. The predicted molar refractivity (Wildman–Crippen MR) is 85.0 cm³/mol. The summed E-state index contributed by atoms with van der Waals surface area (Å²) in [6.45, 7) is 4.12. The number of rotatable bonds is 3. The topological polar surface area (TPSA) is 49.8 Å². The normalized spacial score (nSPS) is 30.3. The lowest BCUT2D eigenvalue weighted by Crippen LogP contribution is -2.51. The van der Waals surface area contributed by atoms with E-state index in [0.29, 0.717) is 25.0 Å². The highest BCUT2D eigenvalue weighted by Gasteiger charge is 2.40. The molecular formula is C18H24FNO3. The van der Waals surface area contributed by atoms with Gasteiger partial charge in [-0.1, -0.05) is 12.1 Å². The van der Waals surface area contributed by atoms with Crippen LogP contribution in [0, 0.1) is 5.82 Å². The van der Waals surface area contributed by atoms with Crippen molar-refractivity contribution in [1.82, 2.24) is 4.90 Å². The highest BCUT2D eigenvalue weighted by molar-refractivity contribution is 5.77. The standard InChI is InChI=1S/C18H24FNO3/c1-18(17(21)22)9-6-16(12-23-18)20-10-7-14(8-11-20)13-2-4-15(19)5-3-13/h2-5,14,16H,6-12H2,1H3,(H,21,22). The van der Waals surface area contributed by atoms with E-state index >= 15 is 0 Å². The van der Waals surface area contributed by atoms with E-state index in [1.807, 2.05) is 12.1 Å². The molecule has 2 saturated heterocycles. The Bertz CT molecular complexity index is 544. The Labute approximate surface area is 136 Å². The van der Waals surface area contributed by atoms with Crippen LogP contribution in [-0.2, 0) is 9.53 Å². The van der Waals surface area contributed by atoms with Crippen molar-refractivity contribution < 1.29 is 19.0 Å². The number of likely N-dealkylation sites (tertiary alicyclic amines) is 1. The maximum absolute atomic E-state index is 13.0. The fourth-order valence-corrected chi connectivity index (χ4v) is 3.67. The van der Waals surface area contributed by atoms with E-state index in [9.17, 15) is 14.3 Å². The average molecular weight is 321 g/mol. The quantitative estimate of drug-likeness (QED) is 0.930. The number of ether oxygens (including phenoxy) is 1. The fourth-order valence-electron chi connectivity index (χ4n) is 3.67. The van der Waals surface area contributed by atoms with Gasteiger partial charge in [0.25, 0.3) is 0 Å². The van der Waals surface area contributed by atoms with Crippen LogP contribution in [-0.4, -0.2) is 47.3 Å². The van der Waals surface area contributed by atoms with Crippen LogP contribution in [0.1, 0.15) is 44.1 Å². The summed E-state index contributed by atoms with van der Waals surface area (Å²) in [4.78, 5) is 13.6. The average Bonchev–Trinajstić information content (AvgIpc) is 2.56. The molecule has 0 aliphatic carbocycles. The van der Waals surface area contributed by atoms with E-state index in [1.54, 1.807) is 6.92 Å².